The third-order valence-corrected chi connectivity index (χ3v) is 4.06. The minimum absolute atomic E-state index is 0.104. The maximum Gasteiger partial charge on any atom is 0.240 e. The SMILES string of the molecule is CCC(NC(=O)C1(C)CCCN1)c1ccc(C)cc1. The molecule has 0 bridgehead atoms. The van der Waals surface area contributed by atoms with Crippen molar-refractivity contribution in [1.29, 1.82) is 0 Å². The summed E-state index contributed by atoms with van der Waals surface area (Å²) in [6.07, 6.45) is 2.90. The second-order valence-electron chi connectivity index (χ2n) is 5.71. The molecule has 1 aromatic rings. The van der Waals surface area contributed by atoms with Gasteiger partial charge in [0.1, 0.15) is 0 Å². The molecule has 1 aliphatic rings. The summed E-state index contributed by atoms with van der Waals surface area (Å²) in [5.41, 5.74) is 2.04. The summed E-state index contributed by atoms with van der Waals surface area (Å²) in [7, 11) is 0. The average Bonchev–Trinajstić information content (AvgIpc) is 2.85. The molecule has 0 saturated carbocycles. The minimum atomic E-state index is -0.391. The molecule has 19 heavy (non-hydrogen) atoms. The number of hydrogen-bond donors (Lipinski definition) is 2. The number of rotatable bonds is 4. The molecule has 2 rings (SSSR count). The summed E-state index contributed by atoms with van der Waals surface area (Å²) in [5, 5.41) is 6.49. The molecule has 0 aliphatic carbocycles. The number of carbonyl (C=O) groups is 1. The molecule has 1 saturated heterocycles. The fourth-order valence-electron chi connectivity index (χ4n) is 2.63. The Kier molecular flexibility index (Phi) is 4.25. The van der Waals surface area contributed by atoms with E-state index in [0.717, 1.165) is 25.8 Å². The smallest absolute Gasteiger partial charge is 0.240 e. The Hall–Kier alpha value is -1.35. The van der Waals surface area contributed by atoms with Crippen molar-refractivity contribution in [2.24, 2.45) is 0 Å². The second-order valence-corrected chi connectivity index (χ2v) is 5.71. The van der Waals surface area contributed by atoms with Gasteiger partial charge in [-0.2, -0.15) is 0 Å². The first-order chi connectivity index (χ1) is 9.05. The zero-order valence-electron chi connectivity index (χ0n) is 12.1. The number of amides is 1. The average molecular weight is 260 g/mol. The molecule has 2 N–H and O–H groups in total. The lowest BCUT2D eigenvalue weighted by atomic mass is 9.97. The Balaban J connectivity index is 2.06. The first-order valence-corrected chi connectivity index (χ1v) is 7.18. The normalized spacial score (nSPS) is 24.2. The molecule has 0 radical (unpaired) electrons. The number of carbonyl (C=O) groups excluding carboxylic acids is 1. The Morgan fingerprint density at radius 2 is 2.11 bits per heavy atom. The summed E-state index contributed by atoms with van der Waals surface area (Å²) in [6, 6.07) is 8.51. The van der Waals surface area contributed by atoms with Crippen LogP contribution in [-0.4, -0.2) is 18.0 Å². The molecule has 0 aromatic heterocycles. The molecule has 1 aliphatic heterocycles. The molecule has 3 heteroatoms. The van der Waals surface area contributed by atoms with Gasteiger partial charge in [0.15, 0.2) is 0 Å². The van der Waals surface area contributed by atoms with E-state index in [-0.39, 0.29) is 11.9 Å². The molecule has 1 aromatic carbocycles. The molecular formula is C16H24N2O. The second kappa shape index (κ2) is 5.74. The van der Waals surface area contributed by atoms with Crippen molar-refractivity contribution >= 4 is 5.91 Å². The lowest BCUT2D eigenvalue weighted by Crippen LogP contribution is -2.51. The monoisotopic (exact) mass is 260 g/mol. The molecular weight excluding hydrogens is 236 g/mol. The van der Waals surface area contributed by atoms with Crippen LogP contribution in [0.5, 0.6) is 0 Å². The molecule has 0 spiro atoms. The Labute approximate surface area is 115 Å². The van der Waals surface area contributed by atoms with Gasteiger partial charge >= 0.3 is 0 Å². The van der Waals surface area contributed by atoms with Crippen LogP contribution >= 0.6 is 0 Å². The van der Waals surface area contributed by atoms with Crippen molar-refractivity contribution in [1.82, 2.24) is 10.6 Å². The highest BCUT2D eigenvalue weighted by Crippen LogP contribution is 2.22. The van der Waals surface area contributed by atoms with Crippen LogP contribution in [0.15, 0.2) is 24.3 Å². The van der Waals surface area contributed by atoms with Crippen LogP contribution in [-0.2, 0) is 4.79 Å². The lowest BCUT2D eigenvalue weighted by Gasteiger charge is -2.27. The van der Waals surface area contributed by atoms with E-state index in [1.165, 1.54) is 11.1 Å². The van der Waals surface area contributed by atoms with Gasteiger partial charge in [-0.05, 0) is 45.2 Å². The zero-order chi connectivity index (χ0) is 13.9. The van der Waals surface area contributed by atoms with Gasteiger partial charge in [0.05, 0.1) is 11.6 Å². The van der Waals surface area contributed by atoms with Gasteiger partial charge in [-0.15, -0.1) is 0 Å². The highest BCUT2D eigenvalue weighted by Gasteiger charge is 2.36. The maximum atomic E-state index is 12.4. The van der Waals surface area contributed by atoms with Gasteiger partial charge in [-0.25, -0.2) is 0 Å². The highest BCUT2D eigenvalue weighted by molar-refractivity contribution is 5.86. The van der Waals surface area contributed by atoms with Crippen molar-refractivity contribution in [3.05, 3.63) is 35.4 Å². The fourth-order valence-corrected chi connectivity index (χ4v) is 2.63. The topological polar surface area (TPSA) is 41.1 Å². The zero-order valence-corrected chi connectivity index (χ0v) is 12.1. The predicted molar refractivity (Wildman–Crippen MR) is 78.0 cm³/mol. The van der Waals surface area contributed by atoms with E-state index < -0.39 is 5.54 Å². The number of nitrogens with one attached hydrogen (secondary N) is 2. The number of benzene rings is 1. The van der Waals surface area contributed by atoms with Crippen LogP contribution in [0, 0.1) is 6.92 Å². The first-order valence-electron chi connectivity index (χ1n) is 7.18. The van der Waals surface area contributed by atoms with Gasteiger partial charge in [-0.1, -0.05) is 36.8 Å². The lowest BCUT2D eigenvalue weighted by molar-refractivity contribution is -0.127. The van der Waals surface area contributed by atoms with E-state index in [9.17, 15) is 4.79 Å². The fraction of sp³-hybridized carbons (Fsp3) is 0.562. The van der Waals surface area contributed by atoms with Gasteiger partial charge in [-0.3, -0.25) is 4.79 Å². The Bertz CT molecular complexity index is 433. The van der Waals surface area contributed by atoms with Crippen LogP contribution < -0.4 is 10.6 Å². The van der Waals surface area contributed by atoms with E-state index in [1.54, 1.807) is 0 Å². The Morgan fingerprint density at radius 3 is 2.63 bits per heavy atom. The van der Waals surface area contributed by atoms with Gasteiger partial charge in [0.25, 0.3) is 0 Å². The van der Waals surface area contributed by atoms with Crippen LogP contribution in [0.2, 0.25) is 0 Å². The Morgan fingerprint density at radius 1 is 1.42 bits per heavy atom. The summed E-state index contributed by atoms with van der Waals surface area (Å²) < 4.78 is 0. The molecule has 1 amide bonds. The molecule has 2 unspecified atom stereocenters. The van der Waals surface area contributed by atoms with Crippen LogP contribution in [0.1, 0.15) is 50.3 Å². The first kappa shape index (κ1) is 14.1. The molecule has 104 valence electrons. The number of aryl methyl sites for hydroxylation is 1. The van der Waals surface area contributed by atoms with Gasteiger partial charge in [0, 0.05) is 0 Å². The highest BCUT2D eigenvalue weighted by atomic mass is 16.2. The van der Waals surface area contributed by atoms with Crippen molar-refractivity contribution in [2.75, 3.05) is 6.54 Å². The summed E-state index contributed by atoms with van der Waals surface area (Å²) in [6.45, 7) is 7.12. The predicted octanol–water partition coefficient (Wildman–Crippen LogP) is 2.70. The van der Waals surface area contributed by atoms with Crippen molar-refractivity contribution in [3.63, 3.8) is 0 Å². The maximum absolute atomic E-state index is 12.4. The van der Waals surface area contributed by atoms with E-state index in [0.29, 0.717) is 0 Å². The minimum Gasteiger partial charge on any atom is -0.348 e. The van der Waals surface area contributed by atoms with Crippen LogP contribution in [0.4, 0.5) is 0 Å². The summed E-state index contributed by atoms with van der Waals surface area (Å²) in [4.78, 5) is 12.4. The van der Waals surface area contributed by atoms with E-state index in [4.69, 9.17) is 0 Å². The van der Waals surface area contributed by atoms with E-state index in [2.05, 4.69) is 48.7 Å². The quantitative estimate of drug-likeness (QED) is 0.874. The van der Waals surface area contributed by atoms with Gasteiger partial charge < -0.3 is 10.6 Å². The molecule has 2 atom stereocenters. The number of hydrogen-bond acceptors (Lipinski definition) is 2. The molecule has 1 fully saturated rings. The van der Waals surface area contributed by atoms with E-state index >= 15 is 0 Å². The van der Waals surface area contributed by atoms with E-state index in [1.807, 2.05) is 6.92 Å². The third kappa shape index (κ3) is 3.16. The standard InChI is InChI=1S/C16H24N2O/c1-4-14(13-8-6-12(2)7-9-13)18-15(19)16(3)10-5-11-17-16/h6-9,14,17H,4-5,10-11H2,1-3H3,(H,18,19). The largest absolute Gasteiger partial charge is 0.348 e. The van der Waals surface area contributed by atoms with Gasteiger partial charge in [0.2, 0.25) is 5.91 Å². The van der Waals surface area contributed by atoms with Crippen molar-refractivity contribution < 1.29 is 4.79 Å². The summed E-state index contributed by atoms with van der Waals surface area (Å²) in [5.74, 6) is 0.123. The van der Waals surface area contributed by atoms with Crippen LogP contribution in [0.25, 0.3) is 0 Å². The van der Waals surface area contributed by atoms with Crippen molar-refractivity contribution in [3.8, 4) is 0 Å². The third-order valence-electron chi connectivity index (χ3n) is 4.06. The van der Waals surface area contributed by atoms with Crippen LogP contribution in [0.3, 0.4) is 0 Å². The molecule has 3 nitrogen and oxygen atoms in total. The summed E-state index contributed by atoms with van der Waals surface area (Å²) >= 11 is 0. The molecule has 1 heterocycles. The van der Waals surface area contributed by atoms with Crippen molar-refractivity contribution in [2.45, 2.75) is 51.6 Å².